The highest BCUT2D eigenvalue weighted by atomic mass is 19.1. The Morgan fingerprint density at radius 1 is 0.750 bits per heavy atom. The zero-order chi connectivity index (χ0) is 11.8. The quantitative estimate of drug-likeness (QED) is 0.730. The van der Waals surface area contributed by atoms with E-state index in [1.807, 2.05) is 0 Å². The van der Waals surface area contributed by atoms with Crippen LogP contribution in [0.3, 0.4) is 0 Å². The summed E-state index contributed by atoms with van der Waals surface area (Å²) in [7, 11) is 0. The molecule has 2 aliphatic rings. The molecule has 2 rings (SSSR count). The Balaban J connectivity index is 2.25. The van der Waals surface area contributed by atoms with Gasteiger partial charge in [0.25, 0.3) is 0 Å². The van der Waals surface area contributed by atoms with Gasteiger partial charge in [0.15, 0.2) is 0 Å². The Morgan fingerprint density at radius 3 is 1.44 bits per heavy atom. The summed E-state index contributed by atoms with van der Waals surface area (Å²) < 4.78 is 27.7. The van der Waals surface area contributed by atoms with Gasteiger partial charge in [-0.05, 0) is 25.7 Å². The molecular formula is C12H20F2O2. The first kappa shape index (κ1) is 12.2. The zero-order valence-electron chi connectivity index (χ0n) is 9.46. The van der Waals surface area contributed by atoms with Crippen molar-refractivity contribution in [3.05, 3.63) is 0 Å². The van der Waals surface area contributed by atoms with Crippen molar-refractivity contribution >= 4 is 0 Å². The third kappa shape index (κ3) is 1.66. The van der Waals surface area contributed by atoms with E-state index in [9.17, 15) is 19.0 Å². The number of alkyl halides is 2. The fourth-order valence-electron chi connectivity index (χ4n) is 3.20. The van der Waals surface area contributed by atoms with E-state index in [-0.39, 0.29) is 25.7 Å². The lowest BCUT2D eigenvalue weighted by atomic mass is 9.65. The van der Waals surface area contributed by atoms with Crippen LogP contribution in [0.5, 0.6) is 0 Å². The second-order valence-corrected chi connectivity index (χ2v) is 5.28. The maximum absolute atomic E-state index is 13.9. The summed E-state index contributed by atoms with van der Waals surface area (Å²) in [6, 6.07) is 0. The van der Waals surface area contributed by atoms with Crippen molar-refractivity contribution < 1.29 is 19.0 Å². The van der Waals surface area contributed by atoms with Crippen molar-refractivity contribution in [1.29, 1.82) is 0 Å². The van der Waals surface area contributed by atoms with Gasteiger partial charge >= 0.3 is 0 Å². The van der Waals surface area contributed by atoms with Gasteiger partial charge in [0.05, 0.1) is 0 Å². The topological polar surface area (TPSA) is 40.5 Å². The summed E-state index contributed by atoms with van der Waals surface area (Å²) in [6.45, 7) is 0. The summed E-state index contributed by atoms with van der Waals surface area (Å²) in [5.41, 5.74) is -3.74. The number of halogens is 2. The van der Waals surface area contributed by atoms with Gasteiger partial charge < -0.3 is 10.2 Å². The molecule has 2 aliphatic carbocycles. The molecule has 16 heavy (non-hydrogen) atoms. The monoisotopic (exact) mass is 234 g/mol. The summed E-state index contributed by atoms with van der Waals surface area (Å²) in [5.74, 6) is 0. The highest BCUT2D eigenvalue weighted by molar-refractivity contribution is 5.10. The van der Waals surface area contributed by atoms with E-state index in [2.05, 4.69) is 0 Å². The van der Waals surface area contributed by atoms with Crippen LogP contribution in [0.4, 0.5) is 8.78 Å². The molecule has 0 bridgehead atoms. The molecule has 2 N–H and O–H groups in total. The predicted molar refractivity (Wildman–Crippen MR) is 56.6 cm³/mol. The summed E-state index contributed by atoms with van der Waals surface area (Å²) in [4.78, 5) is 0. The van der Waals surface area contributed by atoms with E-state index in [1.165, 1.54) is 0 Å². The van der Waals surface area contributed by atoms with Gasteiger partial charge in [-0.1, -0.05) is 25.7 Å². The minimum atomic E-state index is -1.87. The van der Waals surface area contributed by atoms with Crippen LogP contribution < -0.4 is 0 Å². The van der Waals surface area contributed by atoms with Crippen LogP contribution in [0.1, 0.15) is 51.4 Å². The van der Waals surface area contributed by atoms with Gasteiger partial charge in [0.1, 0.15) is 23.5 Å². The normalized spacial score (nSPS) is 50.2. The van der Waals surface area contributed by atoms with Gasteiger partial charge in [-0.2, -0.15) is 0 Å². The molecule has 0 aliphatic heterocycles. The smallest absolute Gasteiger partial charge is 0.132 e. The average Bonchev–Trinajstić information content (AvgIpc) is 2.27. The maximum Gasteiger partial charge on any atom is 0.132 e. The molecule has 4 heteroatoms. The van der Waals surface area contributed by atoms with Crippen LogP contribution in [-0.2, 0) is 0 Å². The minimum Gasteiger partial charge on any atom is -0.384 e. The molecule has 2 saturated carbocycles. The van der Waals surface area contributed by atoms with Crippen LogP contribution in [0.25, 0.3) is 0 Å². The molecule has 0 saturated heterocycles. The average molecular weight is 234 g/mol. The van der Waals surface area contributed by atoms with E-state index in [0.29, 0.717) is 25.7 Å². The van der Waals surface area contributed by atoms with Crippen molar-refractivity contribution in [2.45, 2.75) is 74.9 Å². The molecule has 2 nitrogen and oxygen atoms in total. The van der Waals surface area contributed by atoms with Crippen molar-refractivity contribution in [3.63, 3.8) is 0 Å². The van der Waals surface area contributed by atoms with Gasteiger partial charge in [-0.15, -0.1) is 0 Å². The third-order valence-corrected chi connectivity index (χ3v) is 4.32. The lowest BCUT2D eigenvalue weighted by molar-refractivity contribution is -0.235. The Morgan fingerprint density at radius 2 is 1.12 bits per heavy atom. The van der Waals surface area contributed by atoms with E-state index in [4.69, 9.17) is 0 Å². The number of rotatable bonds is 1. The highest BCUT2D eigenvalue weighted by Crippen LogP contribution is 2.46. The third-order valence-electron chi connectivity index (χ3n) is 4.32. The number of hydrogen-bond acceptors (Lipinski definition) is 2. The molecule has 94 valence electrons. The van der Waals surface area contributed by atoms with Crippen molar-refractivity contribution in [1.82, 2.24) is 0 Å². The second-order valence-electron chi connectivity index (χ2n) is 5.28. The van der Waals surface area contributed by atoms with Gasteiger partial charge in [-0.25, -0.2) is 8.78 Å². The van der Waals surface area contributed by atoms with Crippen LogP contribution in [0.15, 0.2) is 0 Å². The zero-order valence-corrected chi connectivity index (χ0v) is 9.46. The van der Waals surface area contributed by atoms with Crippen LogP contribution in [-0.4, -0.2) is 33.8 Å². The summed E-state index contributed by atoms with van der Waals surface area (Å²) in [5, 5.41) is 20.7. The first-order valence-electron chi connectivity index (χ1n) is 6.23. The summed E-state index contributed by atoms with van der Waals surface area (Å²) in [6.07, 6.45) is 0.531. The number of hydrogen-bond donors (Lipinski definition) is 2. The second kappa shape index (κ2) is 4.22. The SMILES string of the molecule is OC1(C2(O)CCCCC2F)CCCCC1F. The van der Waals surface area contributed by atoms with Gasteiger partial charge in [-0.3, -0.25) is 0 Å². The fourth-order valence-corrected chi connectivity index (χ4v) is 3.20. The van der Waals surface area contributed by atoms with Crippen LogP contribution in [0, 0.1) is 0 Å². The fraction of sp³-hybridized carbons (Fsp3) is 1.00. The molecule has 0 aromatic rings. The van der Waals surface area contributed by atoms with Crippen LogP contribution >= 0.6 is 0 Å². The Bertz CT molecular complexity index is 235. The van der Waals surface area contributed by atoms with E-state index in [1.54, 1.807) is 0 Å². The number of aliphatic hydroxyl groups is 2. The first-order chi connectivity index (χ1) is 7.51. The molecule has 0 amide bonds. The van der Waals surface area contributed by atoms with Gasteiger partial charge in [0, 0.05) is 0 Å². The maximum atomic E-state index is 13.9. The predicted octanol–water partition coefficient (Wildman–Crippen LogP) is 2.27. The molecule has 0 spiro atoms. The molecule has 0 heterocycles. The van der Waals surface area contributed by atoms with E-state index < -0.39 is 23.5 Å². The van der Waals surface area contributed by atoms with Crippen molar-refractivity contribution in [2.24, 2.45) is 0 Å². The first-order valence-corrected chi connectivity index (χ1v) is 6.23. The Hall–Kier alpha value is -0.220. The highest BCUT2D eigenvalue weighted by Gasteiger charge is 2.59. The minimum absolute atomic E-state index is 0.172. The largest absolute Gasteiger partial charge is 0.384 e. The molecule has 4 atom stereocenters. The summed E-state index contributed by atoms with van der Waals surface area (Å²) >= 11 is 0. The Kier molecular flexibility index (Phi) is 3.23. The lowest BCUT2D eigenvalue weighted by Crippen LogP contribution is -2.66. The Labute approximate surface area is 94.7 Å². The van der Waals surface area contributed by atoms with E-state index >= 15 is 0 Å². The van der Waals surface area contributed by atoms with Crippen molar-refractivity contribution in [2.75, 3.05) is 0 Å². The lowest BCUT2D eigenvalue weighted by Gasteiger charge is -2.50. The van der Waals surface area contributed by atoms with E-state index in [0.717, 1.165) is 0 Å². The van der Waals surface area contributed by atoms with Crippen LogP contribution in [0.2, 0.25) is 0 Å². The standard InChI is InChI=1S/C12H20F2O2/c13-9-5-1-3-7-11(9,15)12(16)8-4-2-6-10(12)14/h9-10,15-16H,1-8H2. The van der Waals surface area contributed by atoms with Gasteiger partial charge in [0.2, 0.25) is 0 Å². The molecule has 0 aromatic heterocycles. The van der Waals surface area contributed by atoms with Crippen molar-refractivity contribution in [3.8, 4) is 0 Å². The molecule has 0 radical (unpaired) electrons. The molecule has 0 aromatic carbocycles. The molecular weight excluding hydrogens is 214 g/mol. The molecule has 4 unspecified atom stereocenters. The molecule has 2 fully saturated rings.